The first-order valence-electron chi connectivity index (χ1n) is 10.1. The number of fused-ring (bicyclic) bond motifs is 2. The van der Waals surface area contributed by atoms with Crippen LogP contribution in [0.1, 0.15) is 17.5 Å². The Bertz CT molecular complexity index is 1050. The molecule has 3 aromatic rings. The highest BCUT2D eigenvalue weighted by molar-refractivity contribution is 5.86. The second-order valence-corrected chi connectivity index (χ2v) is 7.64. The molecule has 8 heteroatoms. The van der Waals surface area contributed by atoms with Crippen LogP contribution in [0.3, 0.4) is 0 Å². The van der Waals surface area contributed by atoms with E-state index in [1.165, 1.54) is 17.5 Å². The normalized spacial score (nSPS) is 16.3. The number of benzene rings is 1. The predicted octanol–water partition coefficient (Wildman–Crippen LogP) is 1.58. The second kappa shape index (κ2) is 7.35. The van der Waals surface area contributed by atoms with Gasteiger partial charge in [0.1, 0.15) is 17.9 Å². The van der Waals surface area contributed by atoms with Crippen molar-refractivity contribution in [3.05, 3.63) is 41.9 Å². The number of carbonyl (C=O) groups excluding carboxylic acids is 1. The van der Waals surface area contributed by atoms with Gasteiger partial charge in [-0.15, -0.1) is 0 Å². The van der Waals surface area contributed by atoms with Gasteiger partial charge in [-0.2, -0.15) is 5.10 Å². The van der Waals surface area contributed by atoms with E-state index in [0.717, 1.165) is 48.5 Å². The van der Waals surface area contributed by atoms with E-state index >= 15 is 0 Å². The van der Waals surface area contributed by atoms with Crippen LogP contribution in [0.4, 0.5) is 5.82 Å². The summed E-state index contributed by atoms with van der Waals surface area (Å²) in [6, 6.07) is 6.19. The van der Waals surface area contributed by atoms with Gasteiger partial charge in [0.05, 0.1) is 11.6 Å². The third kappa shape index (κ3) is 3.39. The first-order valence-corrected chi connectivity index (χ1v) is 10.1. The number of piperazine rings is 1. The van der Waals surface area contributed by atoms with Gasteiger partial charge in [-0.25, -0.2) is 9.97 Å². The Morgan fingerprint density at radius 3 is 2.79 bits per heavy atom. The molecule has 0 atom stereocenters. The minimum absolute atomic E-state index is 0.0272. The molecule has 0 bridgehead atoms. The zero-order chi connectivity index (χ0) is 19.8. The molecule has 1 saturated heterocycles. The molecular weight excluding hydrogens is 368 g/mol. The van der Waals surface area contributed by atoms with Crippen molar-refractivity contribution >= 4 is 22.8 Å². The first-order chi connectivity index (χ1) is 14.2. The fourth-order valence-electron chi connectivity index (χ4n) is 4.24. The SMILES string of the molecule is Cn1ncc2c(N3CCN(C(=O)COc4ccc5c(c4)CCC5)CC3)ncnc21. The molecule has 0 saturated carbocycles. The number of anilines is 1. The highest BCUT2D eigenvalue weighted by Gasteiger charge is 2.24. The predicted molar refractivity (Wildman–Crippen MR) is 109 cm³/mol. The quantitative estimate of drug-likeness (QED) is 0.671. The van der Waals surface area contributed by atoms with Crippen molar-refractivity contribution in [2.24, 2.45) is 7.05 Å². The Labute approximate surface area is 169 Å². The molecule has 0 unspecified atom stereocenters. The summed E-state index contributed by atoms with van der Waals surface area (Å²) in [4.78, 5) is 25.4. The molecule has 1 amide bonds. The molecule has 2 aromatic heterocycles. The fourth-order valence-corrected chi connectivity index (χ4v) is 4.24. The van der Waals surface area contributed by atoms with Crippen LogP contribution in [0.5, 0.6) is 5.75 Å². The number of hydrogen-bond donors (Lipinski definition) is 0. The Morgan fingerprint density at radius 1 is 1.10 bits per heavy atom. The standard InChI is InChI=1S/C21H24N6O2/c1-25-20-18(12-24-25)21(23-14-22-20)27-9-7-26(8-10-27)19(28)13-29-17-6-5-15-3-2-4-16(15)11-17/h5-6,11-12,14H,2-4,7-10,13H2,1H3. The van der Waals surface area contributed by atoms with E-state index in [1.54, 1.807) is 17.2 Å². The van der Waals surface area contributed by atoms with Crippen LogP contribution >= 0.6 is 0 Å². The van der Waals surface area contributed by atoms with Gasteiger partial charge in [0, 0.05) is 33.2 Å². The van der Waals surface area contributed by atoms with Gasteiger partial charge in [-0.3, -0.25) is 9.48 Å². The van der Waals surface area contributed by atoms with E-state index in [9.17, 15) is 4.79 Å². The topological polar surface area (TPSA) is 76.4 Å². The molecular formula is C21H24N6O2. The molecule has 150 valence electrons. The zero-order valence-electron chi connectivity index (χ0n) is 16.5. The highest BCUT2D eigenvalue weighted by atomic mass is 16.5. The van der Waals surface area contributed by atoms with E-state index in [0.29, 0.717) is 13.1 Å². The van der Waals surface area contributed by atoms with E-state index in [-0.39, 0.29) is 12.5 Å². The summed E-state index contributed by atoms with van der Waals surface area (Å²) >= 11 is 0. The lowest BCUT2D eigenvalue weighted by Crippen LogP contribution is -2.50. The maximum Gasteiger partial charge on any atom is 0.260 e. The maximum atomic E-state index is 12.6. The largest absolute Gasteiger partial charge is 0.484 e. The van der Waals surface area contributed by atoms with Crippen LogP contribution in [0, 0.1) is 0 Å². The van der Waals surface area contributed by atoms with Gasteiger partial charge < -0.3 is 14.5 Å². The number of hydrogen-bond acceptors (Lipinski definition) is 6. The van der Waals surface area contributed by atoms with Gasteiger partial charge in [-0.1, -0.05) is 6.07 Å². The smallest absolute Gasteiger partial charge is 0.260 e. The average Bonchev–Trinajstić information content (AvgIpc) is 3.38. The first kappa shape index (κ1) is 17.9. The van der Waals surface area contributed by atoms with Crippen LogP contribution in [-0.2, 0) is 24.7 Å². The van der Waals surface area contributed by atoms with Crippen molar-refractivity contribution in [2.45, 2.75) is 19.3 Å². The second-order valence-electron chi connectivity index (χ2n) is 7.64. The molecule has 29 heavy (non-hydrogen) atoms. The molecule has 0 spiro atoms. The summed E-state index contributed by atoms with van der Waals surface area (Å²) in [5.74, 6) is 1.70. The zero-order valence-corrected chi connectivity index (χ0v) is 16.5. The summed E-state index contributed by atoms with van der Waals surface area (Å²) in [5.41, 5.74) is 3.58. The van der Waals surface area contributed by atoms with Crippen LogP contribution < -0.4 is 9.64 Å². The molecule has 1 fully saturated rings. The van der Waals surface area contributed by atoms with Crippen LogP contribution in [0.15, 0.2) is 30.7 Å². The third-order valence-electron chi connectivity index (χ3n) is 5.87. The lowest BCUT2D eigenvalue weighted by molar-refractivity contribution is -0.133. The lowest BCUT2D eigenvalue weighted by atomic mass is 10.1. The van der Waals surface area contributed by atoms with E-state index < -0.39 is 0 Å². The Morgan fingerprint density at radius 2 is 1.93 bits per heavy atom. The molecule has 1 aromatic carbocycles. The molecule has 1 aliphatic heterocycles. The monoisotopic (exact) mass is 392 g/mol. The number of aryl methyl sites for hydroxylation is 3. The molecule has 1 aliphatic carbocycles. The van der Waals surface area contributed by atoms with Crippen molar-refractivity contribution in [3.63, 3.8) is 0 Å². The highest BCUT2D eigenvalue weighted by Crippen LogP contribution is 2.26. The average molecular weight is 392 g/mol. The number of rotatable bonds is 4. The minimum atomic E-state index is 0.0272. The van der Waals surface area contributed by atoms with Crippen LogP contribution in [0.2, 0.25) is 0 Å². The van der Waals surface area contributed by atoms with Gasteiger partial charge >= 0.3 is 0 Å². The molecule has 8 nitrogen and oxygen atoms in total. The van der Waals surface area contributed by atoms with E-state index in [4.69, 9.17) is 4.74 Å². The van der Waals surface area contributed by atoms with Gasteiger partial charge in [-0.05, 0) is 42.5 Å². The summed E-state index contributed by atoms with van der Waals surface area (Å²) in [5, 5.41) is 5.22. The number of amides is 1. The Kier molecular flexibility index (Phi) is 4.54. The Hall–Kier alpha value is -3.16. The van der Waals surface area contributed by atoms with Crippen molar-refractivity contribution in [1.82, 2.24) is 24.6 Å². The van der Waals surface area contributed by atoms with Crippen molar-refractivity contribution in [2.75, 3.05) is 37.7 Å². The molecule has 2 aliphatic rings. The van der Waals surface area contributed by atoms with Gasteiger partial charge in [0.15, 0.2) is 12.3 Å². The minimum Gasteiger partial charge on any atom is -0.484 e. The summed E-state index contributed by atoms with van der Waals surface area (Å²) in [6.45, 7) is 2.84. The van der Waals surface area contributed by atoms with Crippen LogP contribution in [0.25, 0.3) is 11.0 Å². The van der Waals surface area contributed by atoms with Crippen molar-refractivity contribution in [1.29, 1.82) is 0 Å². The van der Waals surface area contributed by atoms with E-state index in [1.807, 2.05) is 18.0 Å². The van der Waals surface area contributed by atoms with Crippen molar-refractivity contribution in [3.8, 4) is 5.75 Å². The number of aromatic nitrogens is 4. The molecule has 5 rings (SSSR count). The summed E-state index contributed by atoms with van der Waals surface area (Å²) in [7, 11) is 1.87. The molecule has 0 N–H and O–H groups in total. The van der Waals surface area contributed by atoms with E-state index in [2.05, 4.69) is 32.1 Å². The van der Waals surface area contributed by atoms with Crippen molar-refractivity contribution < 1.29 is 9.53 Å². The van der Waals surface area contributed by atoms with Crippen LogP contribution in [-0.4, -0.2) is 63.3 Å². The molecule has 3 heterocycles. The fraction of sp³-hybridized carbons (Fsp3) is 0.429. The Balaban J connectivity index is 1.18. The molecule has 0 radical (unpaired) electrons. The van der Waals surface area contributed by atoms with Gasteiger partial charge in [0.25, 0.3) is 5.91 Å². The lowest BCUT2D eigenvalue weighted by Gasteiger charge is -2.35. The number of nitrogens with zero attached hydrogens (tertiary/aromatic N) is 6. The summed E-state index contributed by atoms with van der Waals surface area (Å²) < 4.78 is 7.53. The number of carbonyl (C=O) groups is 1. The number of ether oxygens (including phenoxy) is 1. The van der Waals surface area contributed by atoms with Gasteiger partial charge in [0.2, 0.25) is 0 Å². The summed E-state index contributed by atoms with van der Waals surface area (Å²) in [6.07, 6.45) is 6.83. The third-order valence-corrected chi connectivity index (χ3v) is 5.87. The maximum absolute atomic E-state index is 12.6.